The number of benzene rings is 10. The molecule has 0 aliphatic rings. The molecule has 3 aromatic heterocycles. The average molecular weight is 1100 g/mol. The monoisotopic (exact) mass is 1100 g/mol. The fraction of sp³-hybridized carbons (Fsp3) is 0.127. The first-order valence-corrected chi connectivity index (χ1v) is 29.6. The van der Waals surface area contributed by atoms with E-state index in [2.05, 4.69) is 299 Å². The van der Waals surface area contributed by atoms with Gasteiger partial charge in [0, 0.05) is 49.6 Å². The van der Waals surface area contributed by atoms with E-state index >= 15 is 0 Å². The Hall–Kier alpha value is -10.4. The van der Waals surface area contributed by atoms with E-state index < -0.39 is 0 Å². The molecular weight excluding hydrogens is 1030 g/mol. The largest absolute Gasteiger partial charge is 0.404 e. The molecule has 0 amide bonds. The van der Waals surface area contributed by atoms with Crippen LogP contribution < -0.4 is 10.6 Å². The summed E-state index contributed by atoms with van der Waals surface area (Å²) in [5.41, 5.74) is 30.2. The normalized spacial score (nSPS) is 12.3. The number of para-hydroxylation sites is 4. The van der Waals surface area contributed by atoms with Crippen LogP contribution >= 0.6 is 0 Å². The van der Waals surface area contributed by atoms with Crippen LogP contribution in [0.3, 0.4) is 0 Å². The molecule has 0 radical (unpaired) electrons. The minimum absolute atomic E-state index is 0.203. The molecule has 6 heteroatoms. The molecule has 85 heavy (non-hydrogen) atoms. The van der Waals surface area contributed by atoms with Crippen molar-refractivity contribution < 1.29 is 0 Å². The van der Waals surface area contributed by atoms with E-state index in [9.17, 15) is 5.26 Å². The fourth-order valence-corrected chi connectivity index (χ4v) is 13.5. The van der Waals surface area contributed by atoms with Crippen molar-refractivity contribution in [3.8, 4) is 45.4 Å². The summed E-state index contributed by atoms with van der Waals surface area (Å²) >= 11 is 0. The number of fused-ring (bicyclic) bond motifs is 9. The van der Waals surface area contributed by atoms with Gasteiger partial charge in [-0.05, 0) is 166 Å². The van der Waals surface area contributed by atoms with Gasteiger partial charge in [-0.15, -0.1) is 0 Å². The Morgan fingerprint density at radius 2 is 1.01 bits per heavy atom. The second-order valence-corrected chi connectivity index (χ2v) is 22.9. The summed E-state index contributed by atoms with van der Waals surface area (Å²) in [6.07, 6.45) is 11.2. The Balaban J connectivity index is 1.41. The first-order valence-electron chi connectivity index (χ1n) is 29.6. The molecule has 0 fully saturated rings. The van der Waals surface area contributed by atoms with Crippen molar-refractivity contribution in [3.63, 3.8) is 0 Å². The summed E-state index contributed by atoms with van der Waals surface area (Å²) in [7, 11) is 0. The topological polar surface area (TPSA) is 67.8 Å². The zero-order valence-electron chi connectivity index (χ0n) is 49.7. The lowest BCUT2D eigenvalue weighted by Crippen LogP contribution is -2.29. The summed E-state index contributed by atoms with van der Waals surface area (Å²) in [6, 6.07) is 73.5. The zero-order valence-corrected chi connectivity index (χ0v) is 49.7. The molecule has 10 aromatic carbocycles. The Kier molecular flexibility index (Phi) is 13.8. The average Bonchev–Trinajstić information content (AvgIpc) is 1.84. The molecule has 0 atom stereocenters. The quantitative estimate of drug-likeness (QED) is 0.117. The number of nitrogens with two attached hydrogens (primary N) is 1. The van der Waals surface area contributed by atoms with E-state index in [-0.39, 0.29) is 6.04 Å². The predicted molar refractivity (Wildman–Crippen MR) is 364 cm³/mol. The Bertz CT molecular complexity index is 5020. The molecular formula is C79H68N6. The first-order chi connectivity index (χ1) is 41.5. The molecule has 414 valence electrons. The van der Waals surface area contributed by atoms with Crippen molar-refractivity contribution in [1.29, 1.82) is 5.26 Å². The van der Waals surface area contributed by atoms with Crippen LogP contribution in [0.25, 0.3) is 122 Å². The lowest BCUT2D eigenvalue weighted by atomic mass is 9.83. The van der Waals surface area contributed by atoms with Crippen LogP contribution in [0.15, 0.2) is 225 Å². The highest BCUT2D eigenvalue weighted by Gasteiger charge is 2.37. The third kappa shape index (κ3) is 8.68. The van der Waals surface area contributed by atoms with Crippen molar-refractivity contribution in [2.75, 3.05) is 4.90 Å². The summed E-state index contributed by atoms with van der Waals surface area (Å²) in [5.74, 6) is 0. The molecule has 0 aliphatic heterocycles. The third-order valence-electron chi connectivity index (χ3n) is 17.2. The molecule has 3 heterocycles. The van der Waals surface area contributed by atoms with E-state index in [1.54, 1.807) is 6.20 Å². The van der Waals surface area contributed by atoms with Crippen LogP contribution in [0.2, 0.25) is 0 Å². The minimum atomic E-state index is -0.203. The van der Waals surface area contributed by atoms with E-state index in [0.29, 0.717) is 5.56 Å². The highest BCUT2D eigenvalue weighted by molar-refractivity contribution is 6.17. The van der Waals surface area contributed by atoms with Gasteiger partial charge in [0.15, 0.2) is 0 Å². The molecule has 0 aliphatic carbocycles. The molecule has 0 saturated carbocycles. The van der Waals surface area contributed by atoms with Gasteiger partial charge in [-0.3, -0.25) is 0 Å². The Morgan fingerprint density at radius 1 is 0.541 bits per heavy atom. The van der Waals surface area contributed by atoms with Crippen LogP contribution in [-0.4, -0.2) is 19.7 Å². The van der Waals surface area contributed by atoms with Crippen LogP contribution in [0.5, 0.6) is 0 Å². The van der Waals surface area contributed by atoms with E-state index in [1.165, 1.54) is 0 Å². The molecule has 2 N–H and O–H groups in total. The van der Waals surface area contributed by atoms with Gasteiger partial charge in [0.05, 0.1) is 55.8 Å². The maximum atomic E-state index is 13.1. The molecule has 13 rings (SSSR count). The van der Waals surface area contributed by atoms with Crippen LogP contribution in [0.4, 0.5) is 11.4 Å². The standard InChI is InChI=1S/C79H68N6/c1-10-12-13-25-53(8)56-27-15-16-28-57(56)61-32-24-33-62(74(61)54(9)47-80)75-78(84-69-36-22-18-30-59(69)64-45-51(6)39-42-72(64)84)76(82(49(3)4)67-34-20-14-26-55(67)11-2)66(48-81)77(83-68-35-21-17-29-58(68)63-44-50(5)38-41-71(63)83)79(75)85-70-37-23-19-31-60(70)65-46-52(7)40-43-73(65)85/h11-47,49H,2,10,80H2,1,3-9H3/b13-12-,53-25+,54-47+. The van der Waals surface area contributed by atoms with Crippen molar-refractivity contribution >= 4 is 94.0 Å². The highest BCUT2D eigenvalue weighted by Crippen LogP contribution is 2.55. The number of rotatable bonds is 13. The molecule has 0 bridgehead atoms. The van der Waals surface area contributed by atoms with Gasteiger partial charge < -0.3 is 24.3 Å². The molecule has 6 nitrogen and oxygen atoms in total. The van der Waals surface area contributed by atoms with Gasteiger partial charge in [0.25, 0.3) is 0 Å². The Morgan fingerprint density at radius 3 is 1.54 bits per heavy atom. The maximum Gasteiger partial charge on any atom is 0.104 e. The number of nitrogens with zero attached hydrogens (tertiary/aromatic N) is 5. The number of aromatic nitrogens is 3. The van der Waals surface area contributed by atoms with Crippen LogP contribution in [-0.2, 0) is 0 Å². The molecule has 0 unspecified atom stereocenters. The summed E-state index contributed by atoms with van der Waals surface area (Å²) in [6.45, 7) is 21.9. The lowest BCUT2D eigenvalue weighted by molar-refractivity contribution is 0.784. The highest BCUT2D eigenvalue weighted by atomic mass is 15.2. The second-order valence-electron chi connectivity index (χ2n) is 22.9. The number of anilines is 2. The van der Waals surface area contributed by atoms with Gasteiger partial charge in [-0.1, -0.05) is 188 Å². The first kappa shape index (κ1) is 53.9. The van der Waals surface area contributed by atoms with E-state index in [0.717, 1.165) is 167 Å². The number of nitriles is 1. The van der Waals surface area contributed by atoms with Gasteiger partial charge >= 0.3 is 0 Å². The third-order valence-corrected chi connectivity index (χ3v) is 17.2. The van der Waals surface area contributed by atoms with Crippen LogP contribution in [0, 0.1) is 32.1 Å². The molecule has 13 aromatic rings. The summed E-state index contributed by atoms with van der Waals surface area (Å²) in [4.78, 5) is 2.41. The Labute approximate surface area is 498 Å². The van der Waals surface area contributed by atoms with Gasteiger partial charge in [0.2, 0.25) is 0 Å². The van der Waals surface area contributed by atoms with Crippen molar-refractivity contribution in [2.45, 2.75) is 67.9 Å². The van der Waals surface area contributed by atoms with Crippen LogP contribution in [0.1, 0.15) is 80.0 Å². The SMILES string of the molecule is C=Cc1ccccc1N(c1c(C#N)c(-n2c3ccccc3c3cc(C)ccc32)c(-n2c3ccccc3c3cc(C)ccc32)c(-c2cccc(-c3ccccc3/C(C)=C/C=C\CC)c2/C(C)=C/N)c1-n1c2ccccc2c2cc(C)ccc21)C(C)C. The van der Waals surface area contributed by atoms with E-state index in [4.69, 9.17) is 5.73 Å². The zero-order chi connectivity index (χ0) is 58.8. The van der Waals surface area contributed by atoms with Gasteiger partial charge in [-0.2, -0.15) is 5.26 Å². The van der Waals surface area contributed by atoms with Crippen molar-refractivity contribution in [1.82, 2.24) is 13.7 Å². The van der Waals surface area contributed by atoms with Crippen molar-refractivity contribution in [2.24, 2.45) is 5.73 Å². The number of aryl methyl sites for hydroxylation is 3. The summed E-state index contributed by atoms with van der Waals surface area (Å²) < 4.78 is 7.35. The maximum absolute atomic E-state index is 13.1. The number of hydrogen-bond donors (Lipinski definition) is 1. The summed E-state index contributed by atoms with van der Waals surface area (Å²) in [5, 5.41) is 19.7. The molecule has 0 spiro atoms. The predicted octanol–water partition coefficient (Wildman–Crippen LogP) is 21.0. The fourth-order valence-electron chi connectivity index (χ4n) is 13.5. The van der Waals surface area contributed by atoms with Gasteiger partial charge in [-0.25, -0.2) is 0 Å². The van der Waals surface area contributed by atoms with Gasteiger partial charge in [0.1, 0.15) is 11.6 Å². The smallest absolute Gasteiger partial charge is 0.104 e. The molecule has 0 saturated heterocycles. The minimum Gasteiger partial charge on any atom is -0.404 e. The second kappa shape index (κ2) is 21.8. The number of hydrogen-bond acceptors (Lipinski definition) is 3. The van der Waals surface area contributed by atoms with E-state index in [1.807, 2.05) is 6.08 Å². The van der Waals surface area contributed by atoms with Crippen molar-refractivity contribution in [3.05, 3.63) is 264 Å². The lowest BCUT2D eigenvalue weighted by Gasteiger charge is -2.37. The number of allylic oxidation sites excluding steroid dienone is 5.